The van der Waals surface area contributed by atoms with Gasteiger partial charge < -0.3 is 25.0 Å². The molecule has 0 aliphatic heterocycles. The number of hydrogen-bond acceptors (Lipinski definition) is 9. The summed E-state index contributed by atoms with van der Waals surface area (Å²) in [6.45, 7) is 4.17. The highest BCUT2D eigenvalue weighted by atomic mass is 16.6. The Labute approximate surface area is 239 Å². The van der Waals surface area contributed by atoms with Crippen molar-refractivity contribution in [3.8, 4) is 0 Å². The zero-order valence-corrected chi connectivity index (χ0v) is 24.0. The number of aliphatic carboxylic acids is 1. The van der Waals surface area contributed by atoms with Gasteiger partial charge in [-0.1, -0.05) is 19.4 Å². The predicted octanol–water partition coefficient (Wildman–Crippen LogP) is 2.27. The second-order valence-corrected chi connectivity index (χ2v) is 12.6. The van der Waals surface area contributed by atoms with Gasteiger partial charge in [-0.05, 0) is 74.2 Å². The first kappa shape index (κ1) is 30.9. The number of carbonyl (C=O) groups is 6. The minimum Gasteiger partial charge on any atom is -0.480 e. The van der Waals surface area contributed by atoms with Crippen LogP contribution in [0, 0.1) is 28.6 Å². The smallest absolute Gasteiger partial charge is 0.328 e. The molecule has 11 nitrogen and oxygen atoms in total. The van der Waals surface area contributed by atoms with Crippen LogP contribution in [0.15, 0.2) is 11.6 Å². The molecule has 4 aliphatic carbocycles. The SMILES string of the molecule is CC(=O)O[C@]1(C(=O)COC(=O)CCC(=O)N[C@H](CO)C(=O)O)CC[C@@H]2[C@@H]3CCC4=CC(=O)CC[C@]4(C)[C@H]3CC[C@@]21C. The molecule has 3 N–H and O–H groups in total. The summed E-state index contributed by atoms with van der Waals surface area (Å²) in [6, 6.07) is -1.48. The van der Waals surface area contributed by atoms with Gasteiger partial charge in [0.25, 0.3) is 0 Å². The average molecular weight is 576 g/mol. The first-order chi connectivity index (χ1) is 19.3. The van der Waals surface area contributed by atoms with E-state index in [2.05, 4.69) is 12.2 Å². The van der Waals surface area contributed by atoms with Crippen molar-refractivity contribution in [1.29, 1.82) is 0 Å². The van der Waals surface area contributed by atoms with Crippen LogP contribution in [0.3, 0.4) is 0 Å². The molecule has 0 aromatic heterocycles. The lowest BCUT2D eigenvalue weighted by Crippen LogP contribution is -2.59. The van der Waals surface area contributed by atoms with Crippen LogP contribution >= 0.6 is 0 Å². The summed E-state index contributed by atoms with van der Waals surface area (Å²) in [6.07, 6.45) is 6.78. The molecule has 0 aromatic carbocycles. The van der Waals surface area contributed by atoms with Crippen LogP contribution in [0.4, 0.5) is 0 Å². The number of rotatable bonds is 10. The number of aliphatic hydroxyl groups is 1. The van der Waals surface area contributed by atoms with E-state index < -0.39 is 66.3 Å². The lowest BCUT2D eigenvalue weighted by Gasteiger charge is -2.59. The molecule has 0 radical (unpaired) electrons. The minimum atomic E-state index is -1.48. The summed E-state index contributed by atoms with van der Waals surface area (Å²) in [5.74, 6) is -3.01. The van der Waals surface area contributed by atoms with E-state index >= 15 is 0 Å². The molecular weight excluding hydrogens is 534 g/mol. The summed E-state index contributed by atoms with van der Waals surface area (Å²) in [5, 5.41) is 20.0. The Morgan fingerprint density at radius 3 is 2.39 bits per heavy atom. The van der Waals surface area contributed by atoms with Gasteiger partial charge in [0.15, 0.2) is 18.0 Å². The maximum Gasteiger partial charge on any atom is 0.328 e. The van der Waals surface area contributed by atoms with Crippen molar-refractivity contribution in [1.82, 2.24) is 5.32 Å². The van der Waals surface area contributed by atoms with Crippen LogP contribution in [0.2, 0.25) is 0 Å². The van der Waals surface area contributed by atoms with Crippen LogP contribution < -0.4 is 5.32 Å². The highest BCUT2D eigenvalue weighted by Crippen LogP contribution is 2.68. The molecule has 0 heterocycles. The van der Waals surface area contributed by atoms with Gasteiger partial charge in [0.1, 0.15) is 6.04 Å². The summed E-state index contributed by atoms with van der Waals surface area (Å²) in [5.41, 5.74) is -0.865. The van der Waals surface area contributed by atoms with Crippen molar-refractivity contribution in [2.45, 2.75) is 96.6 Å². The topological polar surface area (TPSA) is 173 Å². The van der Waals surface area contributed by atoms with E-state index in [1.807, 2.05) is 13.0 Å². The molecule has 4 aliphatic rings. The van der Waals surface area contributed by atoms with Gasteiger partial charge in [0, 0.05) is 25.2 Å². The average Bonchev–Trinajstić information content (AvgIpc) is 3.21. The van der Waals surface area contributed by atoms with Gasteiger partial charge in [-0.25, -0.2) is 4.79 Å². The Bertz CT molecular complexity index is 1160. The fourth-order valence-electron chi connectivity index (χ4n) is 8.49. The number of esters is 2. The number of aliphatic hydroxyl groups excluding tert-OH is 1. The summed E-state index contributed by atoms with van der Waals surface area (Å²) >= 11 is 0. The standard InChI is InChI=1S/C30H41NO10/c1-17(33)41-30(24(35)16-40-26(37)7-6-25(36)31-23(15-32)27(38)39)13-10-22-20-5-4-18-14-19(34)8-11-28(18,2)21(20)9-12-29(22,30)3/h14,20-23,32H,4-13,15-16H2,1-3H3,(H,31,36)(H,38,39)/t20-,21+,22-,23-,28+,29+,30+/m1/s1. The molecule has 11 heteroatoms. The molecule has 0 spiro atoms. The van der Waals surface area contributed by atoms with E-state index in [0.717, 1.165) is 25.7 Å². The van der Waals surface area contributed by atoms with Crippen molar-refractivity contribution < 1.29 is 48.5 Å². The van der Waals surface area contributed by atoms with Crippen molar-refractivity contribution in [3.63, 3.8) is 0 Å². The van der Waals surface area contributed by atoms with E-state index in [4.69, 9.17) is 19.7 Å². The Morgan fingerprint density at radius 1 is 1.02 bits per heavy atom. The normalized spacial score (nSPS) is 34.7. The van der Waals surface area contributed by atoms with E-state index in [-0.39, 0.29) is 23.5 Å². The zero-order chi connectivity index (χ0) is 30.2. The molecule has 3 saturated carbocycles. The number of nitrogens with one attached hydrogen (secondary N) is 1. The van der Waals surface area contributed by atoms with Crippen molar-refractivity contribution >= 4 is 35.4 Å². The monoisotopic (exact) mass is 575 g/mol. The second kappa shape index (κ2) is 11.7. The van der Waals surface area contributed by atoms with Crippen LogP contribution in [-0.4, -0.2) is 70.5 Å². The molecule has 0 aromatic rings. The van der Waals surface area contributed by atoms with Gasteiger partial charge in [-0.3, -0.25) is 24.0 Å². The van der Waals surface area contributed by atoms with Gasteiger partial charge >= 0.3 is 17.9 Å². The Balaban J connectivity index is 1.44. The molecule has 41 heavy (non-hydrogen) atoms. The number of hydrogen-bond donors (Lipinski definition) is 3. The first-order valence-corrected chi connectivity index (χ1v) is 14.5. The third-order valence-electron chi connectivity index (χ3n) is 10.6. The molecule has 1 amide bonds. The third-order valence-corrected chi connectivity index (χ3v) is 10.6. The summed E-state index contributed by atoms with van der Waals surface area (Å²) in [4.78, 5) is 73.5. The molecule has 226 valence electrons. The molecule has 3 fully saturated rings. The number of fused-ring (bicyclic) bond motifs is 5. The van der Waals surface area contributed by atoms with Crippen LogP contribution in [0.5, 0.6) is 0 Å². The lowest BCUT2D eigenvalue weighted by atomic mass is 9.46. The number of carbonyl (C=O) groups excluding carboxylic acids is 5. The number of ether oxygens (including phenoxy) is 2. The number of carboxylic acids is 1. The van der Waals surface area contributed by atoms with E-state index in [1.54, 1.807) is 0 Å². The number of ketones is 2. The summed E-state index contributed by atoms with van der Waals surface area (Å²) < 4.78 is 11.1. The highest BCUT2D eigenvalue weighted by molar-refractivity contribution is 5.94. The van der Waals surface area contributed by atoms with Gasteiger partial charge in [0.2, 0.25) is 11.7 Å². The number of amides is 1. The van der Waals surface area contributed by atoms with E-state index in [9.17, 15) is 28.8 Å². The van der Waals surface area contributed by atoms with Crippen molar-refractivity contribution in [2.24, 2.45) is 28.6 Å². The maximum absolute atomic E-state index is 13.8. The van der Waals surface area contributed by atoms with Gasteiger partial charge in [-0.2, -0.15) is 0 Å². The summed E-state index contributed by atoms with van der Waals surface area (Å²) in [7, 11) is 0. The fraction of sp³-hybridized carbons (Fsp3) is 0.733. The minimum absolute atomic E-state index is 0.0433. The molecular formula is C30H41NO10. The maximum atomic E-state index is 13.8. The van der Waals surface area contributed by atoms with Crippen LogP contribution in [0.1, 0.15) is 85.0 Å². The Morgan fingerprint density at radius 2 is 1.73 bits per heavy atom. The molecule has 0 bridgehead atoms. The molecule has 7 atom stereocenters. The third kappa shape index (κ3) is 5.57. The lowest BCUT2D eigenvalue weighted by molar-refractivity contribution is -0.191. The van der Waals surface area contributed by atoms with Crippen molar-refractivity contribution in [3.05, 3.63) is 11.6 Å². The zero-order valence-electron chi connectivity index (χ0n) is 24.0. The van der Waals surface area contributed by atoms with Crippen LogP contribution in [-0.2, 0) is 38.2 Å². The first-order valence-electron chi connectivity index (χ1n) is 14.5. The predicted molar refractivity (Wildman–Crippen MR) is 143 cm³/mol. The Hall–Kier alpha value is -3.08. The number of Topliss-reactive ketones (excluding diaryl/α,β-unsaturated/α-hetero) is 1. The molecule has 0 unspecified atom stereocenters. The van der Waals surface area contributed by atoms with E-state index in [0.29, 0.717) is 37.5 Å². The molecule has 4 rings (SSSR count). The number of allylic oxidation sites excluding steroid dienone is 1. The van der Waals surface area contributed by atoms with Gasteiger partial charge in [-0.15, -0.1) is 0 Å². The quantitative estimate of drug-likeness (QED) is 0.328. The van der Waals surface area contributed by atoms with E-state index in [1.165, 1.54) is 12.5 Å². The van der Waals surface area contributed by atoms with Crippen LogP contribution in [0.25, 0.3) is 0 Å². The molecule has 0 saturated heterocycles. The van der Waals surface area contributed by atoms with Crippen molar-refractivity contribution in [2.75, 3.05) is 13.2 Å². The van der Waals surface area contributed by atoms with Gasteiger partial charge in [0.05, 0.1) is 13.0 Å². The number of carboxylic acid groups (broad SMARTS) is 1. The Kier molecular flexibility index (Phi) is 8.78. The highest BCUT2D eigenvalue weighted by Gasteiger charge is 2.68. The second-order valence-electron chi connectivity index (χ2n) is 12.6. The fourth-order valence-corrected chi connectivity index (χ4v) is 8.49. The largest absolute Gasteiger partial charge is 0.480 e.